The van der Waals surface area contributed by atoms with Crippen LogP contribution < -0.4 is 4.74 Å². The monoisotopic (exact) mass is 192 g/mol. The molecule has 1 heterocycles. The molecule has 0 amide bonds. The largest absolute Gasteiger partial charge is 0.495 e. The predicted molar refractivity (Wildman–Crippen MR) is 43.2 cm³/mol. The average Bonchev–Trinajstić information content (AvgIpc) is 2.04. The minimum Gasteiger partial charge on any atom is -0.495 e. The number of halogens is 2. The van der Waals surface area contributed by atoms with Crippen LogP contribution in [0.2, 0.25) is 5.15 Å². The molecule has 1 aromatic heterocycles. The summed E-state index contributed by atoms with van der Waals surface area (Å²) in [6.45, 7) is 0. The molecule has 0 N–H and O–H groups in total. The number of hydrogen-bond donors (Lipinski definition) is 0. The molecule has 0 saturated heterocycles. The maximum Gasteiger partial charge on any atom is 0.155 e. The Morgan fingerprint density at radius 2 is 2.27 bits per heavy atom. The molecule has 0 fully saturated rings. The van der Waals surface area contributed by atoms with Crippen molar-refractivity contribution in [3.8, 4) is 5.75 Å². The summed E-state index contributed by atoms with van der Waals surface area (Å²) in [5.41, 5.74) is 0.596. The van der Waals surface area contributed by atoms with Gasteiger partial charge in [-0.1, -0.05) is 11.6 Å². The van der Waals surface area contributed by atoms with Gasteiger partial charge in [-0.25, -0.2) is 0 Å². The number of rotatable bonds is 2. The van der Waals surface area contributed by atoms with E-state index in [4.69, 9.17) is 27.9 Å². The molecule has 60 valence electrons. The zero-order valence-electron chi connectivity index (χ0n) is 5.84. The van der Waals surface area contributed by atoms with Crippen molar-refractivity contribution in [3.63, 3.8) is 0 Å². The molecule has 0 unspecified atom stereocenters. The highest BCUT2D eigenvalue weighted by atomic mass is 35.5. The topological polar surface area (TPSA) is 35.0 Å². The van der Waals surface area contributed by atoms with E-state index in [-0.39, 0.29) is 5.88 Å². The van der Waals surface area contributed by atoms with Crippen LogP contribution in [-0.4, -0.2) is 17.3 Å². The third-order valence-electron chi connectivity index (χ3n) is 1.15. The van der Waals surface area contributed by atoms with Crippen molar-refractivity contribution in [1.29, 1.82) is 0 Å². The average molecular weight is 193 g/mol. The van der Waals surface area contributed by atoms with Gasteiger partial charge in [-0.15, -0.1) is 21.8 Å². The zero-order chi connectivity index (χ0) is 8.27. The highest BCUT2D eigenvalue weighted by Crippen LogP contribution is 2.19. The molecule has 1 rings (SSSR count). The maximum atomic E-state index is 5.56. The smallest absolute Gasteiger partial charge is 0.155 e. The van der Waals surface area contributed by atoms with Crippen LogP contribution in [0.15, 0.2) is 6.07 Å². The second-order valence-electron chi connectivity index (χ2n) is 1.82. The fraction of sp³-hybridized carbons (Fsp3) is 0.333. The highest BCUT2D eigenvalue weighted by Gasteiger charge is 2.04. The number of ether oxygens (including phenoxy) is 1. The van der Waals surface area contributed by atoms with E-state index in [1.807, 2.05) is 0 Å². The van der Waals surface area contributed by atoms with Gasteiger partial charge in [-0.05, 0) is 0 Å². The van der Waals surface area contributed by atoms with E-state index in [0.29, 0.717) is 16.6 Å². The van der Waals surface area contributed by atoms with Crippen LogP contribution >= 0.6 is 23.2 Å². The first kappa shape index (κ1) is 8.56. The van der Waals surface area contributed by atoms with Gasteiger partial charge in [0.1, 0.15) is 11.4 Å². The molecular formula is C6H6Cl2N2O. The van der Waals surface area contributed by atoms with Crippen molar-refractivity contribution in [2.75, 3.05) is 7.11 Å². The van der Waals surface area contributed by atoms with Gasteiger partial charge >= 0.3 is 0 Å². The van der Waals surface area contributed by atoms with Crippen LogP contribution in [0.5, 0.6) is 5.75 Å². The van der Waals surface area contributed by atoms with Crippen LogP contribution in [-0.2, 0) is 5.88 Å². The van der Waals surface area contributed by atoms with Crippen molar-refractivity contribution in [3.05, 3.63) is 16.9 Å². The molecule has 3 nitrogen and oxygen atoms in total. The first-order valence-corrected chi connectivity index (χ1v) is 3.81. The van der Waals surface area contributed by atoms with Gasteiger partial charge < -0.3 is 4.74 Å². The van der Waals surface area contributed by atoms with Crippen LogP contribution in [0.4, 0.5) is 0 Å². The lowest BCUT2D eigenvalue weighted by molar-refractivity contribution is 0.407. The first-order valence-electron chi connectivity index (χ1n) is 2.90. The van der Waals surface area contributed by atoms with Crippen molar-refractivity contribution < 1.29 is 4.74 Å². The summed E-state index contributed by atoms with van der Waals surface area (Å²) in [6.07, 6.45) is 0. The number of nitrogens with zero attached hydrogens (tertiary/aromatic N) is 2. The van der Waals surface area contributed by atoms with Gasteiger partial charge in [0.15, 0.2) is 5.15 Å². The Bertz CT molecular complexity index is 254. The molecule has 1 aromatic rings. The minimum atomic E-state index is 0.271. The molecule has 0 radical (unpaired) electrons. The fourth-order valence-corrected chi connectivity index (χ4v) is 0.969. The standard InChI is InChI=1S/C6H6Cl2N2O/c1-11-5-2-6(8)10-9-4(5)3-7/h2H,3H2,1H3. The molecule has 0 bridgehead atoms. The van der Waals surface area contributed by atoms with Crippen molar-refractivity contribution in [1.82, 2.24) is 10.2 Å². The highest BCUT2D eigenvalue weighted by molar-refractivity contribution is 6.29. The molecule has 0 aliphatic rings. The SMILES string of the molecule is COc1cc(Cl)nnc1CCl. The van der Waals surface area contributed by atoms with E-state index in [0.717, 1.165) is 0 Å². The van der Waals surface area contributed by atoms with Crippen molar-refractivity contribution >= 4 is 23.2 Å². The quantitative estimate of drug-likeness (QED) is 0.672. The summed E-state index contributed by atoms with van der Waals surface area (Å²) in [6, 6.07) is 1.58. The maximum absolute atomic E-state index is 5.56. The van der Waals surface area contributed by atoms with E-state index in [1.54, 1.807) is 6.07 Å². The molecule has 0 spiro atoms. The van der Waals surface area contributed by atoms with E-state index < -0.39 is 0 Å². The van der Waals surface area contributed by atoms with Crippen LogP contribution in [0.25, 0.3) is 0 Å². The molecule has 0 aliphatic heterocycles. The Labute approximate surface area is 74.3 Å². The number of methoxy groups -OCH3 is 1. The molecule has 5 heteroatoms. The summed E-state index contributed by atoms with van der Waals surface area (Å²) < 4.78 is 4.95. The lowest BCUT2D eigenvalue weighted by atomic mass is 10.4. The Balaban J connectivity index is 3.06. The molecular weight excluding hydrogens is 187 g/mol. The fourth-order valence-electron chi connectivity index (χ4n) is 0.647. The summed E-state index contributed by atoms with van der Waals surface area (Å²) in [5.74, 6) is 0.841. The second-order valence-corrected chi connectivity index (χ2v) is 2.47. The second kappa shape index (κ2) is 3.74. The van der Waals surface area contributed by atoms with Crippen LogP contribution in [0.3, 0.4) is 0 Å². The van der Waals surface area contributed by atoms with Gasteiger partial charge in [0.25, 0.3) is 0 Å². The molecule has 0 saturated carbocycles. The third kappa shape index (κ3) is 1.94. The molecule has 11 heavy (non-hydrogen) atoms. The molecule has 0 atom stereocenters. The zero-order valence-corrected chi connectivity index (χ0v) is 7.35. The summed E-state index contributed by atoms with van der Waals surface area (Å²) in [4.78, 5) is 0. The lowest BCUT2D eigenvalue weighted by Crippen LogP contribution is -1.95. The number of hydrogen-bond acceptors (Lipinski definition) is 3. The lowest BCUT2D eigenvalue weighted by Gasteiger charge is -2.02. The van der Waals surface area contributed by atoms with Gasteiger partial charge in [0.2, 0.25) is 0 Å². The number of aromatic nitrogens is 2. The predicted octanol–water partition coefficient (Wildman–Crippen LogP) is 1.88. The van der Waals surface area contributed by atoms with E-state index in [2.05, 4.69) is 10.2 Å². The molecule has 0 aliphatic carbocycles. The number of alkyl halides is 1. The van der Waals surface area contributed by atoms with Crippen molar-refractivity contribution in [2.24, 2.45) is 0 Å². The normalized spacial score (nSPS) is 9.73. The van der Waals surface area contributed by atoms with Gasteiger partial charge in [-0.3, -0.25) is 0 Å². The summed E-state index contributed by atoms with van der Waals surface area (Å²) >= 11 is 11.1. The Morgan fingerprint density at radius 1 is 1.55 bits per heavy atom. The van der Waals surface area contributed by atoms with Gasteiger partial charge in [-0.2, -0.15) is 0 Å². The Hall–Kier alpha value is -0.540. The third-order valence-corrected chi connectivity index (χ3v) is 1.59. The summed E-state index contributed by atoms with van der Waals surface area (Å²) in [7, 11) is 1.53. The minimum absolute atomic E-state index is 0.271. The van der Waals surface area contributed by atoms with E-state index in [1.165, 1.54) is 7.11 Å². The van der Waals surface area contributed by atoms with E-state index in [9.17, 15) is 0 Å². The van der Waals surface area contributed by atoms with Gasteiger partial charge in [0, 0.05) is 6.07 Å². The van der Waals surface area contributed by atoms with E-state index >= 15 is 0 Å². The summed E-state index contributed by atoms with van der Waals surface area (Å²) in [5, 5.41) is 7.64. The Morgan fingerprint density at radius 3 is 2.82 bits per heavy atom. The van der Waals surface area contributed by atoms with Crippen LogP contribution in [0.1, 0.15) is 5.69 Å². The van der Waals surface area contributed by atoms with Crippen molar-refractivity contribution in [2.45, 2.75) is 5.88 Å². The Kier molecular flexibility index (Phi) is 2.91. The van der Waals surface area contributed by atoms with Crippen LogP contribution in [0, 0.1) is 0 Å². The molecule has 0 aromatic carbocycles. The van der Waals surface area contributed by atoms with Gasteiger partial charge in [0.05, 0.1) is 13.0 Å². The first-order chi connectivity index (χ1) is 5.27.